The van der Waals surface area contributed by atoms with Crippen LogP contribution in [-0.2, 0) is 13.0 Å². The third-order valence-electron chi connectivity index (χ3n) is 3.60. The second kappa shape index (κ2) is 7.05. The van der Waals surface area contributed by atoms with Crippen molar-refractivity contribution in [2.75, 3.05) is 0 Å². The Balaban J connectivity index is 1.90. The average molecular weight is 332 g/mol. The van der Waals surface area contributed by atoms with Gasteiger partial charge in [-0.15, -0.1) is 0 Å². The summed E-state index contributed by atoms with van der Waals surface area (Å²) in [5, 5.41) is 3.62. The smallest absolute Gasteiger partial charge is 0.0210 e. The third kappa shape index (κ3) is 4.46. The van der Waals surface area contributed by atoms with Crippen LogP contribution in [0.1, 0.15) is 29.2 Å². The molecule has 1 unspecified atom stereocenters. The minimum atomic E-state index is 0.469. The summed E-state index contributed by atoms with van der Waals surface area (Å²) in [5.74, 6) is 0. The topological polar surface area (TPSA) is 12.0 Å². The Labute approximate surface area is 130 Å². The van der Waals surface area contributed by atoms with Gasteiger partial charge in [0.1, 0.15) is 0 Å². The highest BCUT2D eigenvalue weighted by atomic mass is 79.9. The van der Waals surface area contributed by atoms with E-state index in [-0.39, 0.29) is 0 Å². The lowest BCUT2D eigenvalue weighted by Gasteiger charge is -2.15. The second-order valence-corrected chi connectivity index (χ2v) is 6.46. The molecular weight excluding hydrogens is 310 g/mol. The Morgan fingerprint density at radius 1 is 1.05 bits per heavy atom. The predicted molar refractivity (Wildman–Crippen MR) is 90.1 cm³/mol. The normalized spacial score (nSPS) is 12.4. The zero-order chi connectivity index (χ0) is 14.5. The van der Waals surface area contributed by atoms with Crippen LogP contribution in [0, 0.1) is 13.8 Å². The molecule has 0 saturated carbocycles. The van der Waals surface area contributed by atoms with Gasteiger partial charge >= 0.3 is 0 Å². The molecule has 2 rings (SSSR count). The van der Waals surface area contributed by atoms with E-state index in [0.29, 0.717) is 6.04 Å². The number of rotatable bonds is 5. The molecule has 0 aliphatic rings. The van der Waals surface area contributed by atoms with Gasteiger partial charge in [-0.25, -0.2) is 0 Å². The lowest BCUT2D eigenvalue weighted by Crippen LogP contribution is -2.27. The third-order valence-corrected chi connectivity index (χ3v) is 4.13. The summed E-state index contributed by atoms with van der Waals surface area (Å²) in [7, 11) is 0. The molecule has 2 aromatic carbocycles. The molecule has 0 saturated heterocycles. The lowest BCUT2D eigenvalue weighted by molar-refractivity contribution is 0.544. The van der Waals surface area contributed by atoms with E-state index in [4.69, 9.17) is 0 Å². The Bertz CT molecular complexity index is 560. The first-order valence-electron chi connectivity index (χ1n) is 7.08. The van der Waals surface area contributed by atoms with Crippen molar-refractivity contribution < 1.29 is 0 Å². The molecule has 0 aliphatic carbocycles. The van der Waals surface area contributed by atoms with Crippen molar-refractivity contribution in [3.05, 3.63) is 69.2 Å². The van der Waals surface area contributed by atoms with Gasteiger partial charge in [0.25, 0.3) is 0 Å². The first-order chi connectivity index (χ1) is 9.54. The van der Waals surface area contributed by atoms with Crippen molar-refractivity contribution in [2.24, 2.45) is 0 Å². The molecule has 2 aromatic rings. The molecule has 1 atom stereocenters. The van der Waals surface area contributed by atoms with Crippen LogP contribution in [-0.4, -0.2) is 6.04 Å². The summed E-state index contributed by atoms with van der Waals surface area (Å²) in [6, 6.07) is 15.7. The predicted octanol–water partition coefficient (Wildman–Crippen LogP) is 4.79. The molecule has 0 radical (unpaired) electrons. The van der Waals surface area contributed by atoms with Crippen LogP contribution < -0.4 is 5.32 Å². The first kappa shape index (κ1) is 15.3. The minimum absolute atomic E-state index is 0.469. The Morgan fingerprint density at radius 3 is 2.45 bits per heavy atom. The van der Waals surface area contributed by atoms with Crippen LogP contribution in [0.25, 0.3) is 0 Å². The average Bonchev–Trinajstić information content (AvgIpc) is 2.42. The van der Waals surface area contributed by atoms with Crippen molar-refractivity contribution in [2.45, 2.75) is 39.8 Å². The highest BCUT2D eigenvalue weighted by Crippen LogP contribution is 2.13. The molecule has 0 heterocycles. The second-order valence-electron chi connectivity index (χ2n) is 5.54. The quantitative estimate of drug-likeness (QED) is 0.830. The number of hydrogen-bond acceptors (Lipinski definition) is 1. The van der Waals surface area contributed by atoms with Gasteiger partial charge in [-0.1, -0.05) is 51.8 Å². The van der Waals surface area contributed by atoms with Crippen molar-refractivity contribution in [3.63, 3.8) is 0 Å². The van der Waals surface area contributed by atoms with E-state index >= 15 is 0 Å². The number of aryl methyl sites for hydroxylation is 2. The van der Waals surface area contributed by atoms with Crippen molar-refractivity contribution >= 4 is 15.9 Å². The van der Waals surface area contributed by atoms with Crippen LogP contribution in [0.4, 0.5) is 0 Å². The highest BCUT2D eigenvalue weighted by molar-refractivity contribution is 9.10. The fraction of sp³-hybridized carbons (Fsp3) is 0.333. The maximum absolute atomic E-state index is 3.62. The van der Waals surface area contributed by atoms with E-state index in [9.17, 15) is 0 Å². The largest absolute Gasteiger partial charge is 0.310 e. The van der Waals surface area contributed by atoms with E-state index in [2.05, 4.69) is 84.5 Å². The zero-order valence-corrected chi connectivity index (χ0v) is 14.0. The van der Waals surface area contributed by atoms with Crippen LogP contribution in [0.3, 0.4) is 0 Å². The molecule has 0 amide bonds. The number of hydrogen-bond donors (Lipinski definition) is 1. The van der Waals surface area contributed by atoms with E-state index in [1.807, 2.05) is 0 Å². The maximum atomic E-state index is 3.62. The van der Waals surface area contributed by atoms with Gasteiger partial charge in [0.05, 0.1) is 0 Å². The Hall–Kier alpha value is -1.12. The molecule has 1 N–H and O–H groups in total. The Morgan fingerprint density at radius 2 is 1.75 bits per heavy atom. The molecule has 0 fully saturated rings. The van der Waals surface area contributed by atoms with Crippen LogP contribution >= 0.6 is 15.9 Å². The number of nitrogens with one attached hydrogen (secondary N) is 1. The van der Waals surface area contributed by atoms with Crippen molar-refractivity contribution in [1.82, 2.24) is 5.32 Å². The lowest BCUT2D eigenvalue weighted by atomic mass is 10.0. The standard InChI is InChI=1S/C18H22BrN/c1-13-4-5-14(2)17(10-13)12-20-15(3)11-16-6-8-18(19)9-7-16/h4-10,15,20H,11-12H2,1-3H3. The summed E-state index contributed by atoms with van der Waals surface area (Å²) < 4.78 is 1.14. The highest BCUT2D eigenvalue weighted by Gasteiger charge is 2.05. The number of halogens is 1. The SMILES string of the molecule is Cc1ccc(C)c(CNC(C)Cc2ccc(Br)cc2)c1. The van der Waals surface area contributed by atoms with Gasteiger partial charge in [0.15, 0.2) is 0 Å². The summed E-state index contributed by atoms with van der Waals surface area (Å²) in [4.78, 5) is 0. The molecule has 0 aliphatic heterocycles. The summed E-state index contributed by atoms with van der Waals surface area (Å²) in [5.41, 5.74) is 5.45. The van der Waals surface area contributed by atoms with E-state index < -0.39 is 0 Å². The van der Waals surface area contributed by atoms with Gasteiger partial charge in [0, 0.05) is 17.1 Å². The molecular formula is C18H22BrN. The Kier molecular flexibility index (Phi) is 5.38. The number of benzene rings is 2. The summed E-state index contributed by atoms with van der Waals surface area (Å²) in [6.07, 6.45) is 1.05. The van der Waals surface area contributed by atoms with Crippen molar-refractivity contribution in [1.29, 1.82) is 0 Å². The van der Waals surface area contributed by atoms with Gasteiger partial charge in [-0.2, -0.15) is 0 Å². The maximum Gasteiger partial charge on any atom is 0.0210 e. The van der Waals surface area contributed by atoms with E-state index in [0.717, 1.165) is 17.4 Å². The zero-order valence-electron chi connectivity index (χ0n) is 12.4. The molecule has 2 heteroatoms. The molecule has 0 aromatic heterocycles. The first-order valence-corrected chi connectivity index (χ1v) is 7.88. The van der Waals surface area contributed by atoms with Gasteiger partial charge in [0.2, 0.25) is 0 Å². The van der Waals surface area contributed by atoms with Crippen LogP contribution in [0.2, 0.25) is 0 Å². The van der Waals surface area contributed by atoms with Gasteiger partial charge < -0.3 is 5.32 Å². The van der Waals surface area contributed by atoms with E-state index in [1.54, 1.807) is 0 Å². The van der Waals surface area contributed by atoms with Crippen LogP contribution in [0.5, 0.6) is 0 Å². The molecule has 0 spiro atoms. The van der Waals surface area contributed by atoms with Crippen LogP contribution in [0.15, 0.2) is 46.9 Å². The van der Waals surface area contributed by atoms with Gasteiger partial charge in [-0.05, 0) is 56.0 Å². The summed E-state index contributed by atoms with van der Waals surface area (Å²) in [6.45, 7) is 7.50. The monoisotopic (exact) mass is 331 g/mol. The van der Waals surface area contributed by atoms with E-state index in [1.165, 1.54) is 22.3 Å². The van der Waals surface area contributed by atoms with Gasteiger partial charge in [-0.3, -0.25) is 0 Å². The summed E-state index contributed by atoms with van der Waals surface area (Å²) >= 11 is 3.47. The molecule has 20 heavy (non-hydrogen) atoms. The fourth-order valence-electron chi connectivity index (χ4n) is 2.32. The fourth-order valence-corrected chi connectivity index (χ4v) is 2.59. The molecule has 106 valence electrons. The van der Waals surface area contributed by atoms with Crippen molar-refractivity contribution in [3.8, 4) is 0 Å². The molecule has 1 nitrogen and oxygen atoms in total. The molecule has 0 bridgehead atoms. The minimum Gasteiger partial charge on any atom is -0.310 e.